The Kier molecular flexibility index (Phi) is 23.8. The van der Waals surface area contributed by atoms with Gasteiger partial charge >= 0.3 is 0 Å². The van der Waals surface area contributed by atoms with Crippen LogP contribution in [0.2, 0.25) is 0 Å². The molecule has 0 N–H and O–H groups in total. The third-order valence-corrected chi connectivity index (χ3v) is 131. The minimum absolute atomic E-state index is 0.00490. The molecule has 21 heteroatoms. The summed E-state index contributed by atoms with van der Waals surface area (Å²) < 4.78 is 0. The predicted molar refractivity (Wildman–Crippen MR) is 175 cm³/mol. The van der Waals surface area contributed by atoms with E-state index in [1.807, 2.05) is 0 Å². The van der Waals surface area contributed by atoms with Crippen LogP contribution in [0.25, 0.3) is 0 Å². The van der Waals surface area contributed by atoms with Gasteiger partial charge in [0.25, 0.3) is 0 Å². The van der Waals surface area contributed by atoms with Gasteiger partial charge in [-0.05, 0) is 62.9 Å². The van der Waals surface area contributed by atoms with Crippen LogP contribution in [-0.4, -0.2) is 0 Å². The molecule has 2 radical (unpaired) electrons. The van der Waals surface area contributed by atoms with Crippen molar-refractivity contribution in [3.63, 3.8) is 0 Å². The molecule has 0 heterocycles. The second kappa shape index (κ2) is 16.6. The van der Waals surface area contributed by atoms with Crippen LogP contribution in [0.5, 0.6) is 0 Å². The molecule has 0 rings (SSSR count). The standard InChI is InChI=1S/H21P21/c1-12-18(13(2)3)21(19(14(4)5)15(6)7)20(16(8)9)17(10)11/h1-2,12H,3-11H2. The highest BCUT2D eigenvalue weighted by Crippen LogP contribution is 3.31. The van der Waals surface area contributed by atoms with Crippen molar-refractivity contribution in [3.8, 4) is 0 Å². The Hall–Kier alpha value is 9.03. The van der Waals surface area contributed by atoms with Gasteiger partial charge in [0.2, 0.25) is 0 Å². The van der Waals surface area contributed by atoms with Gasteiger partial charge in [-0.15, -0.1) is 80.4 Å². The van der Waals surface area contributed by atoms with E-state index in [1.54, 1.807) is 0 Å². The summed E-state index contributed by atoms with van der Waals surface area (Å²) in [5.41, 5.74) is 0. The van der Waals surface area contributed by atoms with E-state index in [2.05, 4.69) is 98.2 Å². The van der Waals surface area contributed by atoms with Crippen molar-refractivity contribution in [3.05, 3.63) is 0 Å². The summed E-state index contributed by atoms with van der Waals surface area (Å²) in [5, 5.41) is 0. The largest absolute Gasteiger partial charge is 0.102 e. The molecule has 0 aromatic heterocycles. The van der Waals surface area contributed by atoms with E-state index in [0.717, 1.165) is 7.96 Å². The van der Waals surface area contributed by atoms with E-state index in [9.17, 15) is 0 Å². The Labute approximate surface area is 167 Å². The molecule has 0 aromatic rings. The lowest BCUT2D eigenvalue weighted by molar-refractivity contribution is 4.49. The highest BCUT2D eigenvalue weighted by Gasteiger charge is 2.42. The maximum atomic E-state index is 4.03. The van der Waals surface area contributed by atoms with Gasteiger partial charge in [0.15, 0.2) is 0 Å². The molecule has 0 saturated heterocycles. The molecule has 0 amide bonds. The maximum absolute atomic E-state index is 4.03. The zero-order valence-corrected chi connectivity index (χ0v) is 32.2. The Balaban J connectivity index is 5.83. The zero-order valence-electron chi connectivity index (χ0n) is 10.7. The molecule has 0 aliphatic rings. The summed E-state index contributed by atoms with van der Waals surface area (Å²) in [4.78, 5) is 0. The highest BCUT2D eigenvalue weighted by molar-refractivity contribution is 9.37. The normalized spacial score (nSPS) is 15.6. The average molecular weight is 672 g/mol. The molecule has 0 aliphatic carbocycles. The molecule has 0 fully saturated rings. The number of hydrogen-bond acceptors (Lipinski definition) is 0. The van der Waals surface area contributed by atoms with Gasteiger partial charge in [-0.1, -0.05) is 25.8 Å². The van der Waals surface area contributed by atoms with Crippen LogP contribution in [0, 0.1) is 0 Å². The van der Waals surface area contributed by atoms with Crippen molar-refractivity contribution >= 4 is 169 Å². The minimum atomic E-state index is -0.0880. The smallest absolute Gasteiger partial charge is 0.00105 e. The lowest BCUT2D eigenvalue weighted by Gasteiger charge is -2.46. The Bertz CT molecular complexity index is 223. The Morgan fingerprint density at radius 3 is 1.00 bits per heavy atom. The first kappa shape index (κ1) is 30.0. The van der Waals surface area contributed by atoms with Crippen LogP contribution >= 0.6 is 169 Å². The third-order valence-electron chi connectivity index (χ3n) is 1.62. The third kappa shape index (κ3) is 11.5. The Morgan fingerprint density at radius 2 is 0.857 bits per heavy atom. The van der Waals surface area contributed by atoms with Gasteiger partial charge in [-0.2, -0.15) is 0 Å². The molecule has 126 valence electrons. The summed E-state index contributed by atoms with van der Waals surface area (Å²) in [6.45, 7) is 0.336. The zero-order chi connectivity index (χ0) is 16.9. The van der Waals surface area contributed by atoms with Crippen LogP contribution in [0.15, 0.2) is 0 Å². The van der Waals surface area contributed by atoms with Crippen molar-refractivity contribution in [1.82, 2.24) is 0 Å². The average Bonchev–Trinajstić information content (AvgIpc) is 2.26. The van der Waals surface area contributed by atoms with Gasteiger partial charge in [0.1, 0.15) is 0 Å². The predicted octanol–water partition coefficient (Wildman–Crippen LogP) is 12.5. The van der Waals surface area contributed by atoms with Crippen molar-refractivity contribution in [1.29, 1.82) is 0 Å². The lowest BCUT2D eigenvalue weighted by Crippen LogP contribution is -1.57. The van der Waals surface area contributed by atoms with Gasteiger partial charge in [-0.25, -0.2) is 0 Å². The molecule has 0 spiro atoms. The van der Waals surface area contributed by atoms with Crippen molar-refractivity contribution < 1.29 is 0 Å². The van der Waals surface area contributed by atoms with E-state index in [-0.39, 0.29) is 62.9 Å². The number of rotatable bonds is 9. The van der Waals surface area contributed by atoms with Crippen molar-refractivity contribution in [2.45, 2.75) is 0 Å². The van der Waals surface area contributed by atoms with Crippen LogP contribution < -0.4 is 0 Å². The first-order valence-corrected chi connectivity index (χ1v) is 41.6. The van der Waals surface area contributed by atoms with E-state index in [1.165, 1.54) is 0 Å². The van der Waals surface area contributed by atoms with Crippen molar-refractivity contribution in [2.24, 2.45) is 0 Å². The second-order valence-corrected chi connectivity index (χ2v) is 82.9. The molecule has 0 nitrogen and oxygen atoms in total. The van der Waals surface area contributed by atoms with Crippen LogP contribution in [0.1, 0.15) is 0 Å². The monoisotopic (exact) mass is 672 g/mol. The SMILES string of the molecule is [PH]PP(P([PH])P)P(P(P(P)P)P(P)P)P(P(P)P)P(P)P. The van der Waals surface area contributed by atoms with Crippen LogP contribution in [-0.2, 0) is 0 Å². The van der Waals surface area contributed by atoms with E-state index in [0.29, 0.717) is 0 Å². The fourth-order valence-corrected chi connectivity index (χ4v) is 247. The molecule has 21 heavy (non-hydrogen) atoms. The first-order valence-electron chi connectivity index (χ1n) is 4.62. The summed E-state index contributed by atoms with van der Waals surface area (Å²) in [5.74, 6) is 0. The molecule has 12 unspecified atom stereocenters. The molecular weight excluding hydrogens is 650 g/mol. The molecular formula is H21P21. The summed E-state index contributed by atoms with van der Waals surface area (Å²) in [6, 6.07) is 0. The lowest BCUT2D eigenvalue weighted by atomic mass is 28.5. The highest BCUT2D eigenvalue weighted by atomic mass is 33.4. The van der Waals surface area contributed by atoms with E-state index in [4.69, 9.17) is 0 Å². The van der Waals surface area contributed by atoms with E-state index >= 15 is 0 Å². The van der Waals surface area contributed by atoms with Crippen molar-refractivity contribution in [2.75, 3.05) is 0 Å². The van der Waals surface area contributed by atoms with Gasteiger partial charge < -0.3 is 0 Å². The van der Waals surface area contributed by atoms with Crippen LogP contribution in [0.4, 0.5) is 0 Å². The van der Waals surface area contributed by atoms with Crippen LogP contribution in [0.3, 0.4) is 0 Å². The fraction of sp³-hybridized carbons (Fsp3) is 0. The van der Waals surface area contributed by atoms with Gasteiger partial charge in [-0.3, -0.25) is 0 Å². The minimum Gasteiger partial charge on any atom is -0.102 e. The number of hydrogen-bond donors (Lipinski definition) is 0. The Morgan fingerprint density at radius 1 is 0.571 bits per heavy atom. The molecule has 0 aliphatic heterocycles. The maximum Gasteiger partial charge on any atom is -0.00105 e. The molecule has 0 bridgehead atoms. The second-order valence-electron chi connectivity index (χ2n) is 3.07. The first-order chi connectivity index (χ1) is 9.56. The molecule has 0 saturated carbocycles. The summed E-state index contributed by atoms with van der Waals surface area (Å²) >= 11 is 0. The summed E-state index contributed by atoms with van der Waals surface area (Å²) in [7, 11) is 37.3. The van der Waals surface area contributed by atoms with Gasteiger partial charge in [0.05, 0.1) is 0 Å². The topological polar surface area (TPSA) is 0 Å². The fourth-order valence-electron chi connectivity index (χ4n) is 1.02. The molecule has 12 atom stereocenters. The van der Waals surface area contributed by atoms with Gasteiger partial charge in [0, 0.05) is 0 Å². The van der Waals surface area contributed by atoms with E-state index < -0.39 is 0 Å². The quantitative estimate of drug-likeness (QED) is 0.214. The molecule has 0 aromatic carbocycles. The summed E-state index contributed by atoms with van der Waals surface area (Å²) in [6.07, 6.45) is 0.